The van der Waals surface area contributed by atoms with Gasteiger partial charge in [0.1, 0.15) is 30.1 Å². The molecule has 0 aromatic heterocycles. The van der Waals surface area contributed by atoms with Gasteiger partial charge in [-0.2, -0.15) is 0 Å². The van der Waals surface area contributed by atoms with Gasteiger partial charge < -0.3 is 19.9 Å². The fourth-order valence-electron chi connectivity index (χ4n) is 2.93. The Morgan fingerprint density at radius 1 is 1.20 bits per heavy atom. The maximum absolute atomic E-state index is 12.1. The van der Waals surface area contributed by atoms with Gasteiger partial charge in [0, 0.05) is 6.61 Å². The molecule has 142 valence electrons. The topological polar surface area (TPSA) is 70.8 Å². The standard InChI is InChI=1S/C19H29NO4.ClH/c1-3-13-22-18-14(2)23-19(21)16(20)11-7-8-12-17(18)24-15-9-5-4-6-10-15;/h4-6,9-10,14,16-18H,3,7-8,11-13,20H2,1-2H3;1H/t14-,16-,17-,18-;/m0./s1. The summed E-state index contributed by atoms with van der Waals surface area (Å²) in [6.07, 6.45) is 3.34. The second-order valence-corrected chi connectivity index (χ2v) is 6.34. The van der Waals surface area contributed by atoms with E-state index in [4.69, 9.17) is 19.9 Å². The number of benzene rings is 1. The highest BCUT2D eigenvalue weighted by Crippen LogP contribution is 2.23. The van der Waals surface area contributed by atoms with Crippen LogP contribution in [0.4, 0.5) is 0 Å². The molecule has 0 amide bonds. The maximum atomic E-state index is 12.1. The smallest absolute Gasteiger partial charge is 0.323 e. The van der Waals surface area contributed by atoms with Gasteiger partial charge in [-0.05, 0) is 44.7 Å². The Morgan fingerprint density at radius 3 is 2.56 bits per heavy atom. The van der Waals surface area contributed by atoms with E-state index in [1.807, 2.05) is 37.3 Å². The van der Waals surface area contributed by atoms with E-state index in [0.29, 0.717) is 13.0 Å². The van der Waals surface area contributed by atoms with Crippen LogP contribution in [0.3, 0.4) is 0 Å². The molecular weight excluding hydrogens is 342 g/mol. The number of para-hydroxylation sites is 1. The highest BCUT2D eigenvalue weighted by atomic mass is 35.5. The minimum absolute atomic E-state index is 0. The lowest BCUT2D eigenvalue weighted by Gasteiger charge is -2.33. The molecule has 1 aliphatic heterocycles. The van der Waals surface area contributed by atoms with Crippen molar-refractivity contribution in [2.75, 3.05) is 6.61 Å². The summed E-state index contributed by atoms with van der Waals surface area (Å²) in [6, 6.07) is 9.16. The molecule has 5 nitrogen and oxygen atoms in total. The summed E-state index contributed by atoms with van der Waals surface area (Å²) < 4.78 is 17.7. The quantitative estimate of drug-likeness (QED) is 0.802. The minimum Gasteiger partial charge on any atom is -0.488 e. The summed E-state index contributed by atoms with van der Waals surface area (Å²) in [7, 11) is 0. The molecule has 0 aliphatic carbocycles. The molecular formula is C19H30ClNO4. The van der Waals surface area contributed by atoms with E-state index in [9.17, 15) is 4.79 Å². The molecule has 4 atom stereocenters. The van der Waals surface area contributed by atoms with Crippen molar-refractivity contribution in [1.82, 2.24) is 0 Å². The zero-order chi connectivity index (χ0) is 17.4. The minimum atomic E-state index is -0.550. The normalized spacial score (nSPS) is 27.7. The molecule has 1 heterocycles. The van der Waals surface area contributed by atoms with E-state index < -0.39 is 12.1 Å². The third kappa shape index (κ3) is 6.84. The predicted octanol–water partition coefficient (Wildman–Crippen LogP) is 3.48. The maximum Gasteiger partial charge on any atom is 0.323 e. The van der Waals surface area contributed by atoms with Crippen LogP contribution >= 0.6 is 12.4 Å². The number of esters is 1. The average molecular weight is 372 g/mol. The monoisotopic (exact) mass is 371 g/mol. The molecule has 1 saturated heterocycles. The van der Waals surface area contributed by atoms with Crippen LogP contribution in [0.25, 0.3) is 0 Å². The van der Waals surface area contributed by atoms with Gasteiger partial charge in [-0.15, -0.1) is 12.4 Å². The Hall–Kier alpha value is -1.30. The molecule has 2 N–H and O–H groups in total. The summed E-state index contributed by atoms with van der Waals surface area (Å²) in [5, 5.41) is 0. The molecule has 1 aliphatic rings. The van der Waals surface area contributed by atoms with Crippen LogP contribution < -0.4 is 10.5 Å². The van der Waals surface area contributed by atoms with Crippen LogP contribution in [0.15, 0.2) is 30.3 Å². The van der Waals surface area contributed by atoms with Crippen molar-refractivity contribution >= 4 is 18.4 Å². The first-order chi connectivity index (χ1) is 11.6. The fourth-order valence-corrected chi connectivity index (χ4v) is 2.93. The average Bonchev–Trinajstić information content (AvgIpc) is 2.58. The Labute approximate surface area is 156 Å². The number of nitrogens with two attached hydrogens (primary N) is 1. The molecule has 25 heavy (non-hydrogen) atoms. The van der Waals surface area contributed by atoms with Gasteiger partial charge in [0.15, 0.2) is 0 Å². The first-order valence-electron chi connectivity index (χ1n) is 8.91. The number of halogens is 1. The molecule has 1 fully saturated rings. The number of carbonyl (C=O) groups is 1. The van der Waals surface area contributed by atoms with Crippen molar-refractivity contribution in [3.8, 4) is 5.75 Å². The van der Waals surface area contributed by atoms with Crippen LogP contribution in [-0.2, 0) is 14.3 Å². The molecule has 1 aromatic rings. The first-order valence-corrected chi connectivity index (χ1v) is 8.91. The molecule has 0 saturated carbocycles. The van der Waals surface area contributed by atoms with Crippen molar-refractivity contribution in [3.63, 3.8) is 0 Å². The van der Waals surface area contributed by atoms with Crippen molar-refractivity contribution in [2.45, 2.75) is 70.3 Å². The summed E-state index contributed by atoms with van der Waals surface area (Å²) in [6.45, 7) is 4.51. The molecule has 1 aromatic carbocycles. The van der Waals surface area contributed by atoms with E-state index >= 15 is 0 Å². The number of hydrogen-bond acceptors (Lipinski definition) is 5. The SMILES string of the molecule is CCCO[C@H]1[C@H](C)OC(=O)[C@@H](N)CCCC[C@@H]1Oc1ccccc1.Cl. The summed E-state index contributed by atoms with van der Waals surface area (Å²) in [5.41, 5.74) is 5.89. The van der Waals surface area contributed by atoms with E-state index in [1.165, 1.54) is 0 Å². The van der Waals surface area contributed by atoms with Gasteiger partial charge in [-0.3, -0.25) is 4.79 Å². The van der Waals surface area contributed by atoms with Crippen molar-refractivity contribution in [3.05, 3.63) is 30.3 Å². The summed E-state index contributed by atoms with van der Waals surface area (Å²) in [4.78, 5) is 12.1. The Balaban J connectivity index is 0.00000312. The van der Waals surface area contributed by atoms with E-state index in [1.54, 1.807) is 0 Å². The van der Waals surface area contributed by atoms with Gasteiger partial charge in [0.25, 0.3) is 0 Å². The fraction of sp³-hybridized carbons (Fsp3) is 0.632. The van der Waals surface area contributed by atoms with Crippen LogP contribution in [0, 0.1) is 0 Å². The zero-order valence-corrected chi connectivity index (χ0v) is 15.9. The lowest BCUT2D eigenvalue weighted by Crippen LogP contribution is -2.46. The summed E-state index contributed by atoms with van der Waals surface area (Å²) in [5.74, 6) is 0.452. The van der Waals surface area contributed by atoms with Gasteiger partial charge in [0.05, 0.1) is 0 Å². The lowest BCUT2D eigenvalue weighted by atomic mass is 9.99. The lowest BCUT2D eigenvalue weighted by molar-refractivity contribution is -0.164. The Kier molecular flexibility index (Phi) is 9.86. The first kappa shape index (κ1) is 21.7. The molecule has 6 heteroatoms. The molecule has 2 rings (SSSR count). The van der Waals surface area contributed by atoms with Gasteiger partial charge in [-0.25, -0.2) is 0 Å². The number of cyclic esters (lactones) is 1. The molecule has 0 spiro atoms. The molecule has 0 radical (unpaired) electrons. The second-order valence-electron chi connectivity index (χ2n) is 6.34. The molecule has 0 bridgehead atoms. The van der Waals surface area contributed by atoms with Gasteiger partial charge >= 0.3 is 5.97 Å². The van der Waals surface area contributed by atoms with Gasteiger partial charge in [0.2, 0.25) is 0 Å². The van der Waals surface area contributed by atoms with E-state index in [2.05, 4.69) is 6.92 Å². The predicted molar refractivity (Wildman–Crippen MR) is 100 cm³/mol. The van der Waals surface area contributed by atoms with Crippen LogP contribution in [-0.4, -0.2) is 36.9 Å². The highest BCUT2D eigenvalue weighted by molar-refractivity contribution is 5.85. The van der Waals surface area contributed by atoms with Crippen LogP contribution in [0.5, 0.6) is 5.75 Å². The van der Waals surface area contributed by atoms with Crippen molar-refractivity contribution < 1.29 is 19.0 Å². The molecule has 0 unspecified atom stereocenters. The summed E-state index contributed by atoms with van der Waals surface area (Å²) >= 11 is 0. The van der Waals surface area contributed by atoms with Gasteiger partial charge in [-0.1, -0.05) is 31.5 Å². The highest BCUT2D eigenvalue weighted by Gasteiger charge is 2.33. The third-order valence-corrected chi connectivity index (χ3v) is 4.23. The third-order valence-electron chi connectivity index (χ3n) is 4.23. The van der Waals surface area contributed by atoms with Crippen molar-refractivity contribution in [2.24, 2.45) is 5.73 Å². The Morgan fingerprint density at radius 2 is 1.88 bits per heavy atom. The van der Waals surface area contributed by atoms with E-state index in [-0.39, 0.29) is 30.6 Å². The number of rotatable bonds is 5. The van der Waals surface area contributed by atoms with Crippen molar-refractivity contribution in [1.29, 1.82) is 0 Å². The Bertz CT molecular complexity index is 499. The number of carbonyl (C=O) groups excluding carboxylic acids is 1. The van der Waals surface area contributed by atoms with Crippen LogP contribution in [0.1, 0.15) is 46.0 Å². The number of hydrogen-bond donors (Lipinski definition) is 1. The van der Waals surface area contributed by atoms with E-state index in [0.717, 1.165) is 31.4 Å². The number of ether oxygens (including phenoxy) is 3. The second kappa shape index (κ2) is 11.3. The zero-order valence-electron chi connectivity index (χ0n) is 15.1. The largest absolute Gasteiger partial charge is 0.488 e. The van der Waals surface area contributed by atoms with Crippen LogP contribution in [0.2, 0.25) is 0 Å².